The molecule has 1 heteroatoms. The van der Waals surface area contributed by atoms with Crippen LogP contribution in [0.25, 0.3) is 11.1 Å². The Morgan fingerprint density at radius 2 is 1.39 bits per heavy atom. The van der Waals surface area contributed by atoms with E-state index in [9.17, 15) is 5.11 Å². The van der Waals surface area contributed by atoms with E-state index in [0.29, 0.717) is 5.75 Å². The molecule has 0 unspecified atom stereocenters. The highest BCUT2D eigenvalue weighted by Crippen LogP contribution is 2.32. The van der Waals surface area contributed by atoms with Gasteiger partial charge in [-0.05, 0) is 67.1 Å². The van der Waals surface area contributed by atoms with Crippen LogP contribution in [0.15, 0.2) is 60.7 Å². The first-order valence-electron chi connectivity index (χ1n) is 7.98. The molecule has 1 nitrogen and oxygen atoms in total. The Hall–Kier alpha value is -2.54. The van der Waals surface area contributed by atoms with Gasteiger partial charge in [0.25, 0.3) is 0 Å². The van der Waals surface area contributed by atoms with Gasteiger partial charge in [0.1, 0.15) is 5.75 Å². The van der Waals surface area contributed by atoms with Crippen LogP contribution in [-0.2, 0) is 6.42 Å². The van der Waals surface area contributed by atoms with E-state index in [1.807, 2.05) is 12.1 Å². The molecule has 0 aromatic heterocycles. The van der Waals surface area contributed by atoms with Gasteiger partial charge >= 0.3 is 0 Å². The molecule has 0 heterocycles. The number of hydrogen-bond donors (Lipinski definition) is 1. The maximum Gasteiger partial charge on any atom is 0.116 e. The van der Waals surface area contributed by atoms with Gasteiger partial charge < -0.3 is 5.11 Å². The molecular formula is C22H22O. The second kappa shape index (κ2) is 6.29. The lowest BCUT2D eigenvalue weighted by Gasteiger charge is -2.14. The molecule has 0 saturated heterocycles. The highest BCUT2D eigenvalue weighted by molar-refractivity contribution is 5.73. The molecule has 3 rings (SSSR count). The molecule has 0 atom stereocenters. The Kier molecular flexibility index (Phi) is 4.20. The summed E-state index contributed by atoms with van der Waals surface area (Å²) < 4.78 is 0. The van der Waals surface area contributed by atoms with Crippen molar-refractivity contribution in [3.8, 4) is 16.9 Å². The van der Waals surface area contributed by atoms with E-state index in [0.717, 1.165) is 12.0 Å². The monoisotopic (exact) mass is 302 g/mol. The first kappa shape index (κ1) is 15.4. The maximum absolute atomic E-state index is 9.96. The number of aromatic hydroxyl groups is 1. The molecule has 3 aromatic rings. The van der Waals surface area contributed by atoms with Crippen molar-refractivity contribution >= 4 is 0 Å². The van der Waals surface area contributed by atoms with E-state index in [2.05, 4.69) is 63.2 Å². The normalized spacial score (nSPS) is 10.7. The lowest BCUT2D eigenvalue weighted by Crippen LogP contribution is -1.94. The summed E-state index contributed by atoms with van der Waals surface area (Å²) in [5.41, 5.74) is 8.57. The SMILES string of the molecule is Cc1ccc(Cc2ccc(O)cc2-c2cc(C)ccc2C)cc1. The molecule has 0 radical (unpaired) electrons. The summed E-state index contributed by atoms with van der Waals surface area (Å²) in [6.07, 6.45) is 0.864. The minimum absolute atomic E-state index is 0.313. The highest BCUT2D eigenvalue weighted by Gasteiger charge is 2.10. The minimum Gasteiger partial charge on any atom is -0.508 e. The quantitative estimate of drug-likeness (QED) is 0.670. The van der Waals surface area contributed by atoms with Crippen molar-refractivity contribution < 1.29 is 5.11 Å². The first-order valence-corrected chi connectivity index (χ1v) is 7.98. The van der Waals surface area contributed by atoms with E-state index < -0.39 is 0 Å². The van der Waals surface area contributed by atoms with Crippen LogP contribution in [0.5, 0.6) is 5.75 Å². The van der Waals surface area contributed by atoms with E-state index in [4.69, 9.17) is 0 Å². The predicted octanol–water partition coefficient (Wildman–Crippen LogP) is 5.58. The van der Waals surface area contributed by atoms with Gasteiger partial charge in [-0.25, -0.2) is 0 Å². The molecule has 0 amide bonds. The standard InChI is InChI=1S/C22H22O/c1-15-5-8-18(9-6-15)13-19-10-11-20(23)14-22(19)21-12-16(2)4-7-17(21)3/h4-12,14,23H,13H2,1-3H3. The maximum atomic E-state index is 9.96. The first-order chi connectivity index (χ1) is 11.0. The molecule has 0 aliphatic heterocycles. The smallest absolute Gasteiger partial charge is 0.116 e. The molecular weight excluding hydrogens is 280 g/mol. The third kappa shape index (κ3) is 3.45. The molecule has 0 bridgehead atoms. The number of rotatable bonds is 3. The molecule has 0 aliphatic rings. The number of phenols is 1. The van der Waals surface area contributed by atoms with Gasteiger partial charge in [0.15, 0.2) is 0 Å². The third-order valence-corrected chi connectivity index (χ3v) is 4.29. The van der Waals surface area contributed by atoms with Crippen LogP contribution >= 0.6 is 0 Å². The highest BCUT2D eigenvalue weighted by atomic mass is 16.3. The molecule has 0 fully saturated rings. The summed E-state index contributed by atoms with van der Waals surface area (Å²) in [4.78, 5) is 0. The van der Waals surface area contributed by atoms with Crippen molar-refractivity contribution in [1.29, 1.82) is 0 Å². The van der Waals surface area contributed by atoms with Crippen LogP contribution in [0.3, 0.4) is 0 Å². The van der Waals surface area contributed by atoms with Crippen molar-refractivity contribution in [1.82, 2.24) is 0 Å². The van der Waals surface area contributed by atoms with Crippen molar-refractivity contribution in [3.63, 3.8) is 0 Å². The topological polar surface area (TPSA) is 20.2 Å². The summed E-state index contributed by atoms with van der Waals surface area (Å²) in [6.45, 7) is 6.33. The van der Waals surface area contributed by atoms with E-state index in [1.54, 1.807) is 6.07 Å². The van der Waals surface area contributed by atoms with Crippen LogP contribution in [0.4, 0.5) is 0 Å². The molecule has 116 valence electrons. The summed E-state index contributed by atoms with van der Waals surface area (Å²) in [5.74, 6) is 0.313. The lowest BCUT2D eigenvalue weighted by molar-refractivity contribution is 0.475. The van der Waals surface area contributed by atoms with Crippen LogP contribution in [0, 0.1) is 20.8 Å². The summed E-state index contributed by atoms with van der Waals surface area (Å²) >= 11 is 0. The zero-order chi connectivity index (χ0) is 16.4. The Labute approximate surface area is 138 Å². The summed E-state index contributed by atoms with van der Waals surface area (Å²) in [6, 6.07) is 20.8. The van der Waals surface area contributed by atoms with Crippen LogP contribution in [-0.4, -0.2) is 5.11 Å². The predicted molar refractivity (Wildman–Crippen MR) is 97.0 cm³/mol. The van der Waals surface area contributed by atoms with Crippen LogP contribution < -0.4 is 0 Å². The molecule has 0 spiro atoms. The fraction of sp³-hybridized carbons (Fsp3) is 0.182. The van der Waals surface area contributed by atoms with Gasteiger partial charge in [0, 0.05) is 0 Å². The summed E-state index contributed by atoms with van der Waals surface area (Å²) in [7, 11) is 0. The zero-order valence-electron chi connectivity index (χ0n) is 13.9. The molecule has 0 aliphatic carbocycles. The number of hydrogen-bond acceptors (Lipinski definition) is 1. The molecule has 1 N–H and O–H groups in total. The zero-order valence-corrected chi connectivity index (χ0v) is 13.9. The third-order valence-electron chi connectivity index (χ3n) is 4.29. The van der Waals surface area contributed by atoms with Crippen molar-refractivity contribution in [3.05, 3.63) is 88.5 Å². The van der Waals surface area contributed by atoms with E-state index >= 15 is 0 Å². The minimum atomic E-state index is 0.313. The lowest BCUT2D eigenvalue weighted by atomic mass is 9.91. The van der Waals surface area contributed by atoms with Crippen LogP contribution in [0.1, 0.15) is 27.8 Å². The van der Waals surface area contributed by atoms with Gasteiger partial charge in [-0.15, -0.1) is 0 Å². The number of phenolic OH excluding ortho intramolecular Hbond substituents is 1. The Morgan fingerprint density at radius 3 is 2.13 bits per heavy atom. The number of aryl methyl sites for hydroxylation is 3. The van der Waals surface area contributed by atoms with Crippen LogP contribution in [0.2, 0.25) is 0 Å². The Bertz CT molecular complexity index is 829. The molecule has 3 aromatic carbocycles. The molecule has 0 saturated carbocycles. The van der Waals surface area contributed by atoms with Gasteiger partial charge in [-0.2, -0.15) is 0 Å². The fourth-order valence-corrected chi connectivity index (χ4v) is 2.92. The van der Waals surface area contributed by atoms with Crippen molar-refractivity contribution in [2.24, 2.45) is 0 Å². The average molecular weight is 302 g/mol. The fourth-order valence-electron chi connectivity index (χ4n) is 2.92. The van der Waals surface area contributed by atoms with Gasteiger partial charge in [-0.3, -0.25) is 0 Å². The van der Waals surface area contributed by atoms with Crippen molar-refractivity contribution in [2.45, 2.75) is 27.2 Å². The second-order valence-electron chi connectivity index (χ2n) is 6.32. The molecule has 23 heavy (non-hydrogen) atoms. The van der Waals surface area contributed by atoms with Gasteiger partial charge in [0.2, 0.25) is 0 Å². The van der Waals surface area contributed by atoms with Gasteiger partial charge in [-0.1, -0.05) is 59.7 Å². The van der Waals surface area contributed by atoms with Crippen molar-refractivity contribution in [2.75, 3.05) is 0 Å². The summed E-state index contributed by atoms with van der Waals surface area (Å²) in [5, 5.41) is 9.96. The Morgan fingerprint density at radius 1 is 0.696 bits per heavy atom. The van der Waals surface area contributed by atoms with Gasteiger partial charge in [0.05, 0.1) is 0 Å². The van der Waals surface area contributed by atoms with E-state index in [1.165, 1.54) is 33.4 Å². The number of benzene rings is 3. The Balaban J connectivity index is 2.07. The van der Waals surface area contributed by atoms with E-state index in [-0.39, 0.29) is 0 Å². The average Bonchev–Trinajstić information content (AvgIpc) is 2.53. The second-order valence-corrected chi connectivity index (χ2v) is 6.32. The largest absolute Gasteiger partial charge is 0.508 e.